The van der Waals surface area contributed by atoms with Crippen LogP contribution >= 0.6 is 0 Å². The minimum atomic E-state index is -0.0139. The second kappa shape index (κ2) is 8.82. The van der Waals surface area contributed by atoms with Gasteiger partial charge in [-0.25, -0.2) is 4.98 Å². The van der Waals surface area contributed by atoms with Crippen molar-refractivity contribution in [3.05, 3.63) is 89.8 Å². The molecule has 0 radical (unpaired) electrons. The maximum absolute atomic E-state index is 13.0. The molecule has 3 heterocycles. The van der Waals surface area contributed by atoms with E-state index in [1.165, 1.54) is 5.56 Å². The molecule has 6 heteroatoms. The van der Waals surface area contributed by atoms with Gasteiger partial charge in [-0.2, -0.15) is 0 Å². The molecule has 0 aliphatic carbocycles. The number of benzene rings is 2. The number of hydrogen-bond acceptors (Lipinski definition) is 4. The Morgan fingerprint density at radius 1 is 1.00 bits per heavy atom. The van der Waals surface area contributed by atoms with Crippen LogP contribution in [0.3, 0.4) is 0 Å². The highest BCUT2D eigenvalue weighted by atomic mass is 16.5. The van der Waals surface area contributed by atoms with Crippen molar-refractivity contribution in [3.63, 3.8) is 0 Å². The Labute approximate surface area is 192 Å². The first-order valence-corrected chi connectivity index (χ1v) is 10.9. The third kappa shape index (κ3) is 3.96. The van der Waals surface area contributed by atoms with Gasteiger partial charge >= 0.3 is 0 Å². The van der Waals surface area contributed by atoms with Gasteiger partial charge in [0.2, 0.25) is 5.91 Å². The van der Waals surface area contributed by atoms with Crippen molar-refractivity contribution < 1.29 is 14.3 Å². The molecule has 0 spiro atoms. The molecule has 0 saturated heterocycles. The van der Waals surface area contributed by atoms with Crippen molar-refractivity contribution in [2.75, 3.05) is 20.8 Å². The zero-order chi connectivity index (χ0) is 22.8. The average Bonchev–Trinajstić information content (AvgIpc) is 3.25. The van der Waals surface area contributed by atoms with E-state index < -0.39 is 0 Å². The number of ether oxygens (including phenoxy) is 2. The highest BCUT2D eigenvalue weighted by Crippen LogP contribution is 2.33. The van der Waals surface area contributed by atoms with Gasteiger partial charge in [0.25, 0.3) is 0 Å². The zero-order valence-electron chi connectivity index (χ0n) is 18.7. The minimum absolute atomic E-state index is 0.0139. The molecule has 33 heavy (non-hydrogen) atoms. The fraction of sp³-hybridized carbons (Fsp3) is 0.185. The van der Waals surface area contributed by atoms with Crippen LogP contribution in [0.2, 0.25) is 0 Å². The maximum atomic E-state index is 13.0. The Hall–Kier alpha value is -4.06. The molecule has 1 aliphatic heterocycles. The van der Waals surface area contributed by atoms with Crippen LogP contribution in [0.15, 0.2) is 73.1 Å². The van der Waals surface area contributed by atoms with Crippen LogP contribution in [0.25, 0.3) is 22.8 Å². The number of carbonyl (C=O) groups is 1. The second-order valence-corrected chi connectivity index (χ2v) is 7.98. The van der Waals surface area contributed by atoms with Gasteiger partial charge in [0.1, 0.15) is 5.65 Å². The van der Waals surface area contributed by atoms with E-state index in [9.17, 15) is 4.79 Å². The van der Waals surface area contributed by atoms with Crippen LogP contribution in [0.5, 0.6) is 11.5 Å². The topological polar surface area (TPSA) is 56.6 Å². The molecule has 166 valence electrons. The minimum Gasteiger partial charge on any atom is -0.493 e. The average molecular weight is 440 g/mol. The Morgan fingerprint density at radius 2 is 1.76 bits per heavy atom. The number of carbonyl (C=O) groups excluding carboxylic acids is 1. The number of pyridine rings is 1. The summed E-state index contributed by atoms with van der Waals surface area (Å²) < 4.78 is 12.9. The largest absolute Gasteiger partial charge is 0.493 e. The first-order chi connectivity index (χ1) is 16.2. The lowest BCUT2D eigenvalue weighted by molar-refractivity contribution is -0.126. The Kier molecular flexibility index (Phi) is 5.57. The molecule has 6 nitrogen and oxygen atoms in total. The van der Waals surface area contributed by atoms with Crippen molar-refractivity contribution in [1.82, 2.24) is 14.5 Å². The summed E-state index contributed by atoms with van der Waals surface area (Å²) in [4.78, 5) is 19.5. The second-order valence-electron chi connectivity index (χ2n) is 7.98. The van der Waals surface area contributed by atoms with E-state index in [1.807, 2.05) is 71.8 Å². The first-order valence-electron chi connectivity index (χ1n) is 10.9. The van der Waals surface area contributed by atoms with Gasteiger partial charge < -0.3 is 18.9 Å². The molecule has 4 aromatic rings. The summed E-state index contributed by atoms with van der Waals surface area (Å²) in [5.41, 5.74) is 5.13. The van der Waals surface area contributed by atoms with Crippen molar-refractivity contribution in [2.45, 2.75) is 13.0 Å². The fourth-order valence-corrected chi connectivity index (χ4v) is 4.34. The number of amides is 1. The smallest absolute Gasteiger partial charge is 0.246 e. The number of rotatable bonds is 5. The summed E-state index contributed by atoms with van der Waals surface area (Å²) in [7, 11) is 3.26. The molecule has 2 aromatic carbocycles. The quantitative estimate of drug-likeness (QED) is 0.425. The van der Waals surface area contributed by atoms with E-state index in [0.29, 0.717) is 18.8 Å². The van der Waals surface area contributed by atoms with Crippen LogP contribution in [0.4, 0.5) is 0 Å². The number of aromatic nitrogens is 2. The number of methoxy groups -OCH3 is 2. The molecule has 0 N–H and O–H groups in total. The molecule has 0 saturated carbocycles. The van der Waals surface area contributed by atoms with Crippen molar-refractivity contribution in [2.24, 2.45) is 0 Å². The van der Waals surface area contributed by atoms with Crippen molar-refractivity contribution in [3.8, 4) is 17.2 Å². The van der Waals surface area contributed by atoms with E-state index in [-0.39, 0.29) is 5.91 Å². The van der Waals surface area contributed by atoms with Crippen molar-refractivity contribution >= 4 is 23.0 Å². The highest BCUT2D eigenvalue weighted by molar-refractivity contribution is 5.96. The molecular weight excluding hydrogens is 414 g/mol. The summed E-state index contributed by atoms with van der Waals surface area (Å²) in [5, 5.41) is 1.01. The van der Waals surface area contributed by atoms with Gasteiger partial charge in [-0.3, -0.25) is 4.79 Å². The molecule has 1 aliphatic rings. The van der Waals surface area contributed by atoms with Gasteiger partial charge in [0, 0.05) is 48.2 Å². The third-order valence-corrected chi connectivity index (χ3v) is 6.06. The van der Waals surface area contributed by atoms with Gasteiger partial charge in [-0.05, 0) is 60.0 Å². The Morgan fingerprint density at radius 3 is 2.52 bits per heavy atom. The predicted octanol–water partition coefficient (Wildman–Crippen LogP) is 4.64. The van der Waals surface area contributed by atoms with Gasteiger partial charge in [-0.1, -0.05) is 18.2 Å². The first kappa shape index (κ1) is 20.8. The van der Waals surface area contributed by atoms with Crippen LogP contribution in [-0.4, -0.2) is 41.1 Å². The fourth-order valence-electron chi connectivity index (χ4n) is 4.34. The van der Waals surface area contributed by atoms with E-state index in [0.717, 1.165) is 40.0 Å². The summed E-state index contributed by atoms with van der Waals surface area (Å²) in [6.07, 6.45) is 8.14. The van der Waals surface area contributed by atoms with E-state index in [1.54, 1.807) is 26.5 Å². The summed E-state index contributed by atoms with van der Waals surface area (Å²) in [6.45, 7) is 1.21. The number of fused-ring (bicyclic) bond motifs is 2. The normalized spacial score (nSPS) is 13.3. The van der Waals surface area contributed by atoms with Crippen LogP contribution < -0.4 is 9.47 Å². The molecule has 0 atom stereocenters. The molecular formula is C27H25N3O3. The SMILES string of the molecule is COc1cc2c(cc1OC)CN(C(=O)/C=C/c1cn(-c3ccccc3)c3ncccc13)CC2. The van der Waals surface area contributed by atoms with Gasteiger partial charge in [-0.15, -0.1) is 0 Å². The zero-order valence-corrected chi connectivity index (χ0v) is 18.7. The molecule has 0 bridgehead atoms. The summed E-state index contributed by atoms with van der Waals surface area (Å²) in [5.74, 6) is 1.39. The van der Waals surface area contributed by atoms with Crippen LogP contribution in [0, 0.1) is 0 Å². The predicted molar refractivity (Wildman–Crippen MR) is 129 cm³/mol. The van der Waals surface area contributed by atoms with Gasteiger partial charge in [0.05, 0.1) is 14.2 Å². The van der Waals surface area contributed by atoms with Crippen LogP contribution in [-0.2, 0) is 17.8 Å². The number of para-hydroxylation sites is 1. The lowest BCUT2D eigenvalue weighted by Gasteiger charge is -2.28. The van der Waals surface area contributed by atoms with Gasteiger partial charge in [0.15, 0.2) is 11.5 Å². The monoisotopic (exact) mass is 439 g/mol. The Balaban J connectivity index is 1.40. The number of nitrogens with zero attached hydrogens (tertiary/aromatic N) is 3. The van der Waals surface area contributed by atoms with Crippen LogP contribution in [0.1, 0.15) is 16.7 Å². The van der Waals surface area contributed by atoms with Crippen molar-refractivity contribution in [1.29, 1.82) is 0 Å². The molecule has 5 rings (SSSR count). The molecule has 1 amide bonds. The van der Waals surface area contributed by atoms with E-state index in [2.05, 4.69) is 9.55 Å². The number of hydrogen-bond donors (Lipinski definition) is 0. The lowest BCUT2D eigenvalue weighted by atomic mass is 9.98. The van der Waals surface area contributed by atoms with E-state index in [4.69, 9.17) is 9.47 Å². The highest BCUT2D eigenvalue weighted by Gasteiger charge is 2.22. The standard InChI is InChI=1S/C27H25N3O3/c1-32-24-15-19-12-14-29(17-21(19)16-25(24)33-2)26(31)11-10-20-18-30(22-7-4-3-5-8-22)27-23(20)9-6-13-28-27/h3-11,13,15-16,18H,12,14,17H2,1-2H3/b11-10+. The molecule has 2 aromatic heterocycles. The molecule has 0 fully saturated rings. The molecule has 0 unspecified atom stereocenters. The Bertz CT molecular complexity index is 1340. The maximum Gasteiger partial charge on any atom is 0.246 e. The van der Waals surface area contributed by atoms with E-state index >= 15 is 0 Å². The third-order valence-electron chi connectivity index (χ3n) is 6.06. The summed E-state index contributed by atoms with van der Waals surface area (Å²) >= 11 is 0. The lowest BCUT2D eigenvalue weighted by Crippen LogP contribution is -2.34. The summed E-state index contributed by atoms with van der Waals surface area (Å²) in [6, 6.07) is 18.0.